The van der Waals surface area contributed by atoms with Gasteiger partial charge in [0.25, 0.3) is 0 Å². The SMILES string of the molecule is CC1(C)CN(C2CC(c3ccccc3)CCC2N)CCO1. The van der Waals surface area contributed by atoms with E-state index in [4.69, 9.17) is 10.5 Å². The molecule has 3 atom stereocenters. The third-order valence-electron chi connectivity index (χ3n) is 5.06. The first-order valence-electron chi connectivity index (χ1n) is 8.24. The predicted molar refractivity (Wildman–Crippen MR) is 86.4 cm³/mol. The first kappa shape index (κ1) is 15.0. The Bertz CT molecular complexity index is 460. The van der Waals surface area contributed by atoms with Gasteiger partial charge in [-0.2, -0.15) is 0 Å². The molecule has 1 saturated carbocycles. The van der Waals surface area contributed by atoms with Gasteiger partial charge in [0.15, 0.2) is 0 Å². The first-order chi connectivity index (χ1) is 10.1. The molecule has 0 aromatic heterocycles. The Morgan fingerprint density at radius 1 is 1.19 bits per heavy atom. The van der Waals surface area contributed by atoms with Crippen LogP contribution in [0.2, 0.25) is 0 Å². The number of morpholine rings is 1. The quantitative estimate of drug-likeness (QED) is 0.909. The lowest BCUT2D eigenvalue weighted by molar-refractivity contribution is -0.103. The molecule has 2 aliphatic rings. The second-order valence-corrected chi connectivity index (χ2v) is 7.23. The number of nitrogens with two attached hydrogens (primary N) is 1. The third-order valence-corrected chi connectivity index (χ3v) is 5.06. The lowest BCUT2D eigenvalue weighted by atomic mass is 9.78. The predicted octanol–water partition coefficient (Wildman–Crippen LogP) is 2.76. The number of hydrogen-bond donors (Lipinski definition) is 1. The molecule has 2 N–H and O–H groups in total. The van der Waals surface area contributed by atoms with E-state index in [9.17, 15) is 0 Å². The van der Waals surface area contributed by atoms with Gasteiger partial charge in [-0.15, -0.1) is 0 Å². The Labute approximate surface area is 128 Å². The monoisotopic (exact) mass is 288 g/mol. The maximum Gasteiger partial charge on any atom is 0.0753 e. The minimum absolute atomic E-state index is 0.0440. The minimum atomic E-state index is -0.0440. The van der Waals surface area contributed by atoms with E-state index in [1.807, 2.05) is 0 Å². The summed E-state index contributed by atoms with van der Waals surface area (Å²) in [5.41, 5.74) is 7.89. The van der Waals surface area contributed by atoms with Crippen LogP contribution in [0.25, 0.3) is 0 Å². The zero-order valence-corrected chi connectivity index (χ0v) is 13.3. The molecule has 1 aliphatic carbocycles. The van der Waals surface area contributed by atoms with Gasteiger partial charge in [0, 0.05) is 25.2 Å². The Kier molecular flexibility index (Phi) is 4.34. The van der Waals surface area contributed by atoms with Crippen molar-refractivity contribution in [1.82, 2.24) is 4.90 Å². The Morgan fingerprint density at radius 3 is 2.67 bits per heavy atom. The van der Waals surface area contributed by atoms with E-state index >= 15 is 0 Å². The highest BCUT2D eigenvalue weighted by molar-refractivity contribution is 5.21. The molecule has 3 rings (SSSR count). The fourth-order valence-electron chi connectivity index (χ4n) is 3.95. The summed E-state index contributed by atoms with van der Waals surface area (Å²) in [5, 5.41) is 0. The van der Waals surface area contributed by atoms with E-state index in [1.54, 1.807) is 0 Å². The van der Waals surface area contributed by atoms with Gasteiger partial charge < -0.3 is 10.5 Å². The number of ether oxygens (including phenoxy) is 1. The second kappa shape index (κ2) is 6.07. The molecule has 0 radical (unpaired) electrons. The van der Waals surface area contributed by atoms with Crippen molar-refractivity contribution in [2.75, 3.05) is 19.7 Å². The summed E-state index contributed by atoms with van der Waals surface area (Å²) in [6, 6.07) is 11.7. The molecule has 1 saturated heterocycles. The molecular weight excluding hydrogens is 260 g/mol. The van der Waals surface area contributed by atoms with Crippen molar-refractivity contribution in [1.29, 1.82) is 0 Å². The molecule has 116 valence electrons. The van der Waals surface area contributed by atoms with Crippen molar-refractivity contribution in [3.05, 3.63) is 35.9 Å². The molecule has 1 aromatic carbocycles. The van der Waals surface area contributed by atoms with Crippen LogP contribution in [0.5, 0.6) is 0 Å². The van der Waals surface area contributed by atoms with Crippen LogP contribution < -0.4 is 5.73 Å². The van der Waals surface area contributed by atoms with Crippen LogP contribution in [0, 0.1) is 0 Å². The normalized spacial score (nSPS) is 33.8. The van der Waals surface area contributed by atoms with Crippen molar-refractivity contribution in [3.63, 3.8) is 0 Å². The molecule has 0 bridgehead atoms. The first-order valence-corrected chi connectivity index (χ1v) is 8.24. The zero-order chi connectivity index (χ0) is 14.9. The summed E-state index contributed by atoms with van der Waals surface area (Å²) >= 11 is 0. The van der Waals surface area contributed by atoms with Crippen LogP contribution in [0.4, 0.5) is 0 Å². The third kappa shape index (κ3) is 3.47. The van der Waals surface area contributed by atoms with Crippen LogP contribution in [-0.4, -0.2) is 42.3 Å². The van der Waals surface area contributed by atoms with Crippen molar-refractivity contribution in [3.8, 4) is 0 Å². The maximum atomic E-state index is 6.46. The largest absolute Gasteiger partial charge is 0.373 e. The van der Waals surface area contributed by atoms with E-state index < -0.39 is 0 Å². The number of rotatable bonds is 2. The van der Waals surface area contributed by atoms with Gasteiger partial charge in [0.2, 0.25) is 0 Å². The van der Waals surface area contributed by atoms with Crippen molar-refractivity contribution in [2.24, 2.45) is 5.73 Å². The molecule has 3 unspecified atom stereocenters. The fourth-order valence-corrected chi connectivity index (χ4v) is 3.95. The Morgan fingerprint density at radius 2 is 1.95 bits per heavy atom. The Hall–Kier alpha value is -0.900. The Balaban J connectivity index is 1.72. The van der Waals surface area contributed by atoms with Gasteiger partial charge in [-0.1, -0.05) is 30.3 Å². The summed E-state index contributed by atoms with van der Waals surface area (Å²) in [5.74, 6) is 0.655. The highest BCUT2D eigenvalue weighted by Gasteiger charge is 2.37. The lowest BCUT2D eigenvalue weighted by Gasteiger charge is -2.47. The van der Waals surface area contributed by atoms with Gasteiger partial charge in [0.1, 0.15) is 0 Å². The van der Waals surface area contributed by atoms with Gasteiger partial charge in [-0.3, -0.25) is 4.90 Å². The van der Waals surface area contributed by atoms with Crippen LogP contribution >= 0.6 is 0 Å². The van der Waals surface area contributed by atoms with Crippen molar-refractivity contribution >= 4 is 0 Å². The van der Waals surface area contributed by atoms with Gasteiger partial charge >= 0.3 is 0 Å². The molecule has 1 heterocycles. The van der Waals surface area contributed by atoms with Crippen molar-refractivity contribution < 1.29 is 4.74 Å². The number of benzene rings is 1. The summed E-state index contributed by atoms with van der Waals surface area (Å²) in [6.07, 6.45) is 3.53. The minimum Gasteiger partial charge on any atom is -0.373 e. The van der Waals surface area contributed by atoms with Gasteiger partial charge in [-0.05, 0) is 44.6 Å². The van der Waals surface area contributed by atoms with Gasteiger partial charge in [0.05, 0.1) is 12.2 Å². The molecule has 3 heteroatoms. The fraction of sp³-hybridized carbons (Fsp3) is 0.667. The van der Waals surface area contributed by atoms with E-state index in [0.29, 0.717) is 18.0 Å². The van der Waals surface area contributed by atoms with Crippen LogP contribution in [0.3, 0.4) is 0 Å². The van der Waals surface area contributed by atoms with E-state index in [2.05, 4.69) is 49.1 Å². The van der Waals surface area contributed by atoms with Crippen LogP contribution in [0.1, 0.15) is 44.6 Å². The zero-order valence-electron chi connectivity index (χ0n) is 13.3. The topological polar surface area (TPSA) is 38.5 Å². The number of nitrogens with zero attached hydrogens (tertiary/aromatic N) is 1. The van der Waals surface area contributed by atoms with Crippen molar-refractivity contribution in [2.45, 2.75) is 56.7 Å². The lowest BCUT2D eigenvalue weighted by Crippen LogP contribution is -2.58. The molecule has 2 fully saturated rings. The van der Waals surface area contributed by atoms with Crippen LogP contribution in [-0.2, 0) is 4.74 Å². The molecule has 21 heavy (non-hydrogen) atoms. The number of hydrogen-bond acceptors (Lipinski definition) is 3. The molecule has 1 aliphatic heterocycles. The second-order valence-electron chi connectivity index (χ2n) is 7.23. The summed E-state index contributed by atoms with van der Waals surface area (Å²) in [4.78, 5) is 2.57. The van der Waals surface area contributed by atoms with Crippen LogP contribution in [0.15, 0.2) is 30.3 Å². The molecule has 1 aromatic rings. The molecule has 0 amide bonds. The molecule has 0 spiro atoms. The van der Waals surface area contributed by atoms with Gasteiger partial charge in [-0.25, -0.2) is 0 Å². The summed E-state index contributed by atoms with van der Waals surface area (Å²) in [7, 11) is 0. The van der Waals surface area contributed by atoms with E-state index in [-0.39, 0.29) is 5.60 Å². The average Bonchev–Trinajstić information content (AvgIpc) is 2.47. The highest BCUT2D eigenvalue weighted by Crippen LogP contribution is 2.35. The summed E-state index contributed by atoms with van der Waals surface area (Å²) in [6.45, 7) is 7.20. The smallest absolute Gasteiger partial charge is 0.0753 e. The highest BCUT2D eigenvalue weighted by atomic mass is 16.5. The molecule has 3 nitrogen and oxygen atoms in total. The standard InChI is InChI=1S/C18H28N2O/c1-18(2)13-20(10-11-21-18)17-12-15(8-9-16(17)19)14-6-4-3-5-7-14/h3-7,15-17H,8-13,19H2,1-2H3. The van der Waals surface area contributed by atoms with E-state index in [1.165, 1.54) is 18.4 Å². The average molecular weight is 288 g/mol. The molecular formula is C18H28N2O. The summed E-state index contributed by atoms with van der Waals surface area (Å²) < 4.78 is 5.85. The van der Waals surface area contributed by atoms with E-state index in [0.717, 1.165) is 26.1 Å². The maximum absolute atomic E-state index is 6.46.